The summed E-state index contributed by atoms with van der Waals surface area (Å²) in [5.74, 6) is 0.822. The zero-order valence-electron chi connectivity index (χ0n) is 5.43. The molecule has 9 heavy (non-hydrogen) atoms. The minimum absolute atomic E-state index is 0. The summed E-state index contributed by atoms with van der Waals surface area (Å²) in [4.78, 5) is 6.97. The number of aromatic nitrogens is 2. The summed E-state index contributed by atoms with van der Waals surface area (Å²) in [6.07, 6.45) is 1.78. The van der Waals surface area contributed by atoms with Crippen LogP contribution in [0.25, 0.3) is 0 Å². The number of aryl methyl sites for hydroxylation is 1. The smallest absolute Gasteiger partial charge is 0.200 e. The number of hydrogen-bond acceptors (Lipinski definition) is 2. The molecule has 0 aliphatic rings. The van der Waals surface area contributed by atoms with Crippen LogP contribution in [0, 0.1) is 6.92 Å². The molecule has 0 aromatic carbocycles. The van der Waals surface area contributed by atoms with Crippen molar-refractivity contribution in [2.75, 3.05) is 12.4 Å². The Hall–Kier alpha value is -0.700. The predicted octanol–water partition coefficient (Wildman–Crippen LogP) is 1.18. The van der Waals surface area contributed by atoms with Gasteiger partial charge in [-0.2, -0.15) is 0 Å². The van der Waals surface area contributed by atoms with Crippen molar-refractivity contribution >= 4 is 18.4 Å². The van der Waals surface area contributed by atoms with Crippen LogP contribution < -0.4 is 5.32 Å². The van der Waals surface area contributed by atoms with E-state index in [1.54, 1.807) is 6.20 Å². The number of nitrogens with one attached hydrogen (secondary N) is 2. The lowest BCUT2D eigenvalue weighted by molar-refractivity contribution is 1.23. The van der Waals surface area contributed by atoms with E-state index in [-0.39, 0.29) is 12.4 Å². The second kappa shape index (κ2) is 3.35. The van der Waals surface area contributed by atoms with E-state index >= 15 is 0 Å². The van der Waals surface area contributed by atoms with Gasteiger partial charge in [-0.3, -0.25) is 0 Å². The predicted molar refractivity (Wildman–Crippen MR) is 40.1 cm³/mol. The molecule has 0 spiro atoms. The van der Waals surface area contributed by atoms with Crippen molar-refractivity contribution in [1.29, 1.82) is 0 Å². The maximum Gasteiger partial charge on any atom is 0.200 e. The average molecular weight is 148 g/mol. The molecule has 0 amide bonds. The molecule has 1 rings (SSSR count). The first-order chi connectivity index (χ1) is 3.83. The second-order valence-corrected chi connectivity index (χ2v) is 1.66. The molecule has 0 bridgehead atoms. The first kappa shape index (κ1) is 8.30. The normalized spacial score (nSPS) is 8.22. The van der Waals surface area contributed by atoms with Crippen molar-refractivity contribution in [2.45, 2.75) is 6.92 Å². The van der Waals surface area contributed by atoms with Gasteiger partial charge in [0.1, 0.15) is 0 Å². The number of aromatic amines is 1. The molecule has 0 unspecified atom stereocenters. The molecule has 4 heteroatoms. The molecule has 0 saturated heterocycles. The molecule has 0 atom stereocenters. The SMILES string of the molecule is CNc1ncc(C)[nH]1.Cl. The van der Waals surface area contributed by atoms with E-state index in [4.69, 9.17) is 0 Å². The minimum atomic E-state index is 0. The van der Waals surface area contributed by atoms with Crippen LogP contribution >= 0.6 is 12.4 Å². The van der Waals surface area contributed by atoms with Crippen molar-refractivity contribution in [3.05, 3.63) is 11.9 Å². The third-order valence-corrected chi connectivity index (χ3v) is 0.940. The van der Waals surface area contributed by atoms with Gasteiger partial charge in [-0.05, 0) is 6.92 Å². The number of rotatable bonds is 1. The lowest BCUT2D eigenvalue weighted by Crippen LogP contribution is -1.88. The maximum atomic E-state index is 3.97. The quantitative estimate of drug-likeness (QED) is 0.627. The number of imidazole rings is 1. The Bertz CT molecular complexity index is 172. The fraction of sp³-hybridized carbons (Fsp3) is 0.400. The lowest BCUT2D eigenvalue weighted by Gasteiger charge is -1.87. The van der Waals surface area contributed by atoms with Gasteiger partial charge in [0.2, 0.25) is 0 Å². The van der Waals surface area contributed by atoms with E-state index < -0.39 is 0 Å². The zero-order valence-corrected chi connectivity index (χ0v) is 6.25. The van der Waals surface area contributed by atoms with E-state index in [1.807, 2.05) is 14.0 Å². The van der Waals surface area contributed by atoms with Crippen LogP contribution in [0.4, 0.5) is 5.95 Å². The van der Waals surface area contributed by atoms with E-state index in [1.165, 1.54) is 0 Å². The van der Waals surface area contributed by atoms with E-state index in [0.29, 0.717) is 0 Å². The van der Waals surface area contributed by atoms with Gasteiger partial charge in [0.25, 0.3) is 0 Å². The Balaban J connectivity index is 0.000000640. The summed E-state index contributed by atoms with van der Waals surface area (Å²) in [5, 5.41) is 2.88. The van der Waals surface area contributed by atoms with Crippen LogP contribution in [0.3, 0.4) is 0 Å². The van der Waals surface area contributed by atoms with Crippen LogP contribution in [0.5, 0.6) is 0 Å². The van der Waals surface area contributed by atoms with Gasteiger partial charge in [-0.15, -0.1) is 12.4 Å². The van der Waals surface area contributed by atoms with Crippen molar-refractivity contribution in [3.8, 4) is 0 Å². The van der Waals surface area contributed by atoms with Crippen LogP contribution in [0.2, 0.25) is 0 Å². The molecule has 1 aromatic heterocycles. The first-order valence-electron chi connectivity index (χ1n) is 2.52. The Morgan fingerprint density at radius 1 is 1.67 bits per heavy atom. The van der Waals surface area contributed by atoms with Gasteiger partial charge in [-0.25, -0.2) is 4.98 Å². The fourth-order valence-corrected chi connectivity index (χ4v) is 0.540. The molecule has 0 radical (unpaired) electrons. The third kappa shape index (κ3) is 1.93. The summed E-state index contributed by atoms with van der Waals surface area (Å²) in [6, 6.07) is 0. The Kier molecular flexibility index (Phi) is 3.09. The monoisotopic (exact) mass is 147 g/mol. The number of halogens is 1. The second-order valence-electron chi connectivity index (χ2n) is 1.66. The largest absolute Gasteiger partial charge is 0.359 e. The molecule has 3 nitrogen and oxygen atoms in total. The Morgan fingerprint density at radius 3 is 2.56 bits per heavy atom. The van der Waals surface area contributed by atoms with E-state index in [9.17, 15) is 0 Å². The highest BCUT2D eigenvalue weighted by atomic mass is 35.5. The molecule has 1 heterocycles. The molecule has 0 fully saturated rings. The summed E-state index contributed by atoms with van der Waals surface area (Å²) in [6.45, 7) is 1.97. The first-order valence-corrected chi connectivity index (χ1v) is 2.52. The van der Waals surface area contributed by atoms with Gasteiger partial charge in [-0.1, -0.05) is 0 Å². The number of hydrogen-bond donors (Lipinski definition) is 2. The van der Waals surface area contributed by atoms with Crippen LogP contribution in [-0.2, 0) is 0 Å². The highest BCUT2D eigenvalue weighted by Crippen LogP contribution is 1.96. The molecule has 0 aliphatic carbocycles. The summed E-state index contributed by atoms with van der Waals surface area (Å²) >= 11 is 0. The van der Waals surface area contributed by atoms with Gasteiger partial charge < -0.3 is 10.3 Å². The third-order valence-electron chi connectivity index (χ3n) is 0.940. The molecule has 1 aromatic rings. The molecule has 52 valence electrons. The van der Waals surface area contributed by atoms with Crippen LogP contribution in [0.15, 0.2) is 6.20 Å². The van der Waals surface area contributed by atoms with Crippen LogP contribution in [0.1, 0.15) is 5.69 Å². The van der Waals surface area contributed by atoms with E-state index in [0.717, 1.165) is 11.6 Å². The van der Waals surface area contributed by atoms with E-state index in [2.05, 4.69) is 15.3 Å². The standard InChI is InChI=1S/C5H9N3.ClH/c1-4-3-7-5(6-2)8-4;/h3H,1-2H3,(H2,6,7,8);1H. The summed E-state index contributed by atoms with van der Waals surface area (Å²) < 4.78 is 0. The zero-order chi connectivity index (χ0) is 5.98. The fourth-order valence-electron chi connectivity index (χ4n) is 0.540. The topological polar surface area (TPSA) is 40.7 Å². The van der Waals surface area contributed by atoms with Gasteiger partial charge in [0.05, 0.1) is 0 Å². The number of nitrogens with zero attached hydrogens (tertiary/aromatic N) is 1. The van der Waals surface area contributed by atoms with Crippen molar-refractivity contribution in [3.63, 3.8) is 0 Å². The highest BCUT2D eigenvalue weighted by Gasteiger charge is 1.88. The summed E-state index contributed by atoms with van der Waals surface area (Å²) in [7, 11) is 1.83. The molecular weight excluding hydrogens is 138 g/mol. The molecule has 0 aliphatic heterocycles. The van der Waals surface area contributed by atoms with Crippen molar-refractivity contribution < 1.29 is 0 Å². The summed E-state index contributed by atoms with van der Waals surface area (Å²) in [5.41, 5.74) is 1.08. The van der Waals surface area contributed by atoms with Gasteiger partial charge >= 0.3 is 0 Å². The Morgan fingerprint density at radius 2 is 2.33 bits per heavy atom. The number of anilines is 1. The molecule has 0 saturated carbocycles. The average Bonchev–Trinajstić information content (AvgIpc) is 2.14. The lowest BCUT2D eigenvalue weighted by atomic mass is 10.6. The van der Waals surface area contributed by atoms with Crippen molar-refractivity contribution in [1.82, 2.24) is 9.97 Å². The van der Waals surface area contributed by atoms with Crippen LogP contribution in [-0.4, -0.2) is 17.0 Å². The molecule has 2 N–H and O–H groups in total. The van der Waals surface area contributed by atoms with Crippen molar-refractivity contribution in [2.24, 2.45) is 0 Å². The minimum Gasteiger partial charge on any atom is -0.359 e. The van der Waals surface area contributed by atoms with Gasteiger partial charge in [0, 0.05) is 18.9 Å². The maximum absolute atomic E-state index is 3.97. The highest BCUT2D eigenvalue weighted by molar-refractivity contribution is 5.85. The number of H-pyrrole nitrogens is 1. The molecular formula is C5H10ClN3. The van der Waals surface area contributed by atoms with Gasteiger partial charge in [0.15, 0.2) is 5.95 Å². The Labute approximate surface area is 60.3 Å².